The molecule has 0 saturated carbocycles. The maximum Gasteiger partial charge on any atom is 0.251 e. The van der Waals surface area contributed by atoms with Crippen molar-refractivity contribution in [2.45, 2.75) is 33.4 Å². The van der Waals surface area contributed by atoms with E-state index in [1.165, 1.54) is 22.9 Å². The number of pyridine rings is 1. The van der Waals surface area contributed by atoms with E-state index in [4.69, 9.17) is 10.2 Å². The highest BCUT2D eigenvalue weighted by atomic mass is 16.3. The van der Waals surface area contributed by atoms with Crippen molar-refractivity contribution in [3.63, 3.8) is 0 Å². The van der Waals surface area contributed by atoms with Gasteiger partial charge in [0.1, 0.15) is 18.1 Å². The van der Waals surface area contributed by atoms with Gasteiger partial charge in [0.05, 0.1) is 6.04 Å². The molecule has 1 atom stereocenters. The fourth-order valence-electron chi connectivity index (χ4n) is 2.27. The lowest BCUT2D eigenvalue weighted by atomic mass is 10.1. The van der Waals surface area contributed by atoms with Crippen LogP contribution < -0.4 is 16.6 Å². The Bertz CT molecular complexity index is 715. The van der Waals surface area contributed by atoms with Gasteiger partial charge in [0, 0.05) is 23.5 Å². The molecule has 2 aromatic rings. The number of rotatable bonds is 4. The summed E-state index contributed by atoms with van der Waals surface area (Å²) >= 11 is 0. The molecule has 0 spiro atoms. The van der Waals surface area contributed by atoms with E-state index >= 15 is 0 Å². The van der Waals surface area contributed by atoms with Crippen LogP contribution in [0.25, 0.3) is 0 Å². The maximum atomic E-state index is 12.0. The summed E-state index contributed by atoms with van der Waals surface area (Å²) in [5.41, 5.74) is 6.73. The number of nitrogens with two attached hydrogens (primary N) is 1. The largest absolute Gasteiger partial charge is 0.466 e. The summed E-state index contributed by atoms with van der Waals surface area (Å²) in [6, 6.07) is 4.56. The molecule has 0 aliphatic carbocycles. The first kappa shape index (κ1) is 14.9. The van der Waals surface area contributed by atoms with Crippen molar-refractivity contribution in [1.82, 2.24) is 9.88 Å². The lowest BCUT2D eigenvalue weighted by Crippen LogP contribution is -2.33. The second-order valence-corrected chi connectivity index (χ2v) is 5.09. The number of carbonyl (C=O) groups excluding carboxylic acids is 1. The number of nitrogen functional groups attached to an aromatic ring is 1. The van der Waals surface area contributed by atoms with Crippen LogP contribution in [0.2, 0.25) is 0 Å². The molecule has 6 nitrogen and oxygen atoms in total. The molecular formula is C15H19N3O3. The molecule has 0 bridgehead atoms. The van der Waals surface area contributed by atoms with Crippen molar-refractivity contribution in [3.05, 3.63) is 51.8 Å². The van der Waals surface area contributed by atoms with E-state index in [2.05, 4.69) is 5.32 Å². The quantitative estimate of drug-likeness (QED) is 0.892. The molecule has 1 amide bonds. The van der Waals surface area contributed by atoms with Gasteiger partial charge < -0.3 is 20.0 Å². The summed E-state index contributed by atoms with van der Waals surface area (Å²) in [5, 5.41) is 2.85. The third-order valence-corrected chi connectivity index (χ3v) is 3.24. The highest BCUT2D eigenvalue weighted by Gasteiger charge is 2.15. The number of aromatic nitrogens is 1. The number of hydrogen-bond acceptors (Lipinski definition) is 4. The number of nitrogens with zero attached hydrogens (tertiary/aromatic N) is 1. The van der Waals surface area contributed by atoms with E-state index in [9.17, 15) is 9.59 Å². The molecule has 21 heavy (non-hydrogen) atoms. The van der Waals surface area contributed by atoms with Crippen LogP contribution in [-0.4, -0.2) is 10.5 Å². The standard InChI is InChI=1S/C15H19N3O3/c1-9-6-13(11(3)21-9)10(2)17-14(19)8-18-7-12(16)4-5-15(18)20/h4-7,10H,8,16H2,1-3H3,(H,17,19). The number of aryl methyl sites for hydroxylation is 2. The van der Waals surface area contributed by atoms with Crippen molar-refractivity contribution >= 4 is 11.6 Å². The number of anilines is 1. The second kappa shape index (κ2) is 5.87. The molecule has 3 N–H and O–H groups in total. The van der Waals surface area contributed by atoms with Crippen molar-refractivity contribution in [2.24, 2.45) is 0 Å². The predicted octanol–water partition coefficient (Wildman–Crippen LogP) is 1.52. The van der Waals surface area contributed by atoms with E-state index in [0.29, 0.717) is 5.69 Å². The Morgan fingerprint density at radius 1 is 1.43 bits per heavy atom. The van der Waals surface area contributed by atoms with Gasteiger partial charge in [-0.2, -0.15) is 0 Å². The lowest BCUT2D eigenvalue weighted by molar-refractivity contribution is -0.122. The molecule has 2 aromatic heterocycles. The second-order valence-electron chi connectivity index (χ2n) is 5.09. The highest BCUT2D eigenvalue weighted by molar-refractivity contribution is 5.76. The Kier molecular flexibility index (Phi) is 4.16. The van der Waals surface area contributed by atoms with E-state index in [1.807, 2.05) is 26.8 Å². The summed E-state index contributed by atoms with van der Waals surface area (Å²) in [6.07, 6.45) is 1.46. The van der Waals surface area contributed by atoms with Gasteiger partial charge in [-0.05, 0) is 32.9 Å². The molecule has 0 radical (unpaired) electrons. The van der Waals surface area contributed by atoms with Crippen LogP contribution in [0.4, 0.5) is 5.69 Å². The van der Waals surface area contributed by atoms with Crippen molar-refractivity contribution in [1.29, 1.82) is 0 Å². The highest BCUT2D eigenvalue weighted by Crippen LogP contribution is 2.20. The van der Waals surface area contributed by atoms with Crippen LogP contribution in [0.5, 0.6) is 0 Å². The van der Waals surface area contributed by atoms with Crippen LogP contribution in [0.15, 0.2) is 33.6 Å². The number of carbonyl (C=O) groups is 1. The summed E-state index contributed by atoms with van der Waals surface area (Å²) < 4.78 is 6.73. The number of hydrogen-bond donors (Lipinski definition) is 2. The molecular weight excluding hydrogens is 270 g/mol. The first-order valence-electron chi connectivity index (χ1n) is 6.69. The average Bonchev–Trinajstić information content (AvgIpc) is 2.73. The Balaban J connectivity index is 2.06. The van der Waals surface area contributed by atoms with Gasteiger partial charge in [-0.25, -0.2) is 0 Å². The molecule has 112 valence electrons. The molecule has 0 aliphatic heterocycles. The third kappa shape index (κ3) is 3.53. The van der Waals surface area contributed by atoms with Gasteiger partial charge in [0.15, 0.2) is 0 Å². The topological polar surface area (TPSA) is 90.3 Å². The Morgan fingerprint density at radius 2 is 2.14 bits per heavy atom. The molecule has 1 unspecified atom stereocenters. The minimum Gasteiger partial charge on any atom is -0.466 e. The van der Waals surface area contributed by atoms with Crippen molar-refractivity contribution in [3.8, 4) is 0 Å². The van der Waals surface area contributed by atoms with Gasteiger partial charge in [0.2, 0.25) is 5.91 Å². The smallest absolute Gasteiger partial charge is 0.251 e. The minimum absolute atomic E-state index is 0.0654. The SMILES string of the molecule is Cc1cc(C(C)NC(=O)Cn2cc(N)ccc2=O)c(C)o1. The summed E-state index contributed by atoms with van der Waals surface area (Å²) in [6.45, 7) is 5.52. The zero-order valence-corrected chi connectivity index (χ0v) is 12.3. The Labute approximate surface area is 122 Å². The molecule has 0 aliphatic rings. The monoisotopic (exact) mass is 289 g/mol. The molecule has 6 heteroatoms. The Hall–Kier alpha value is -2.50. The van der Waals surface area contributed by atoms with Gasteiger partial charge in [-0.15, -0.1) is 0 Å². The zero-order valence-electron chi connectivity index (χ0n) is 12.3. The first-order chi connectivity index (χ1) is 9.86. The lowest BCUT2D eigenvalue weighted by Gasteiger charge is -2.14. The first-order valence-corrected chi connectivity index (χ1v) is 6.69. The van der Waals surface area contributed by atoms with Crippen LogP contribution in [0, 0.1) is 13.8 Å². The van der Waals surface area contributed by atoms with Crippen LogP contribution in [0.1, 0.15) is 30.0 Å². The number of amides is 1. The zero-order chi connectivity index (χ0) is 15.6. The normalized spacial score (nSPS) is 12.1. The fourth-order valence-corrected chi connectivity index (χ4v) is 2.27. The van der Waals surface area contributed by atoms with Crippen LogP contribution in [-0.2, 0) is 11.3 Å². The maximum absolute atomic E-state index is 12.0. The summed E-state index contributed by atoms with van der Waals surface area (Å²) in [7, 11) is 0. The Morgan fingerprint density at radius 3 is 2.76 bits per heavy atom. The molecule has 0 fully saturated rings. The van der Waals surface area contributed by atoms with Crippen molar-refractivity contribution in [2.75, 3.05) is 5.73 Å². The van der Waals surface area contributed by atoms with E-state index < -0.39 is 0 Å². The third-order valence-electron chi connectivity index (χ3n) is 3.24. The summed E-state index contributed by atoms with van der Waals surface area (Å²) in [5.74, 6) is 1.32. The molecule has 2 rings (SSSR count). The molecule has 0 aromatic carbocycles. The van der Waals surface area contributed by atoms with E-state index in [1.54, 1.807) is 0 Å². The van der Waals surface area contributed by atoms with Crippen molar-refractivity contribution < 1.29 is 9.21 Å². The van der Waals surface area contributed by atoms with E-state index in [-0.39, 0.29) is 24.1 Å². The fraction of sp³-hybridized carbons (Fsp3) is 0.333. The molecule has 0 saturated heterocycles. The average molecular weight is 289 g/mol. The minimum atomic E-state index is -0.262. The number of nitrogens with one attached hydrogen (secondary N) is 1. The van der Waals surface area contributed by atoms with Gasteiger partial charge >= 0.3 is 0 Å². The van der Waals surface area contributed by atoms with Gasteiger partial charge in [-0.1, -0.05) is 0 Å². The van der Waals surface area contributed by atoms with Crippen LogP contribution in [0.3, 0.4) is 0 Å². The van der Waals surface area contributed by atoms with E-state index in [0.717, 1.165) is 17.1 Å². The van der Waals surface area contributed by atoms with Gasteiger partial charge in [-0.3, -0.25) is 9.59 Å². The number of furan rings is 1. The predicted molar refractivity (Wildman–Crippen MR) is 79.9 cm³/mol. The summed E-state index contributed by atoms with van der Waals surface area (Å²) in [4.78, 5) is 23.7. The van der Waals surface area contributed by atoms with Gasteiger partial charge in [0.25, 0.3) is 5.56 Å². The van der Waals surface area contributed by atoms with Crippen LogP contribution >= 0.6 is 0 Å². The molecule has 2 heterocycles.